The van der Waals surface area contributed by atoms with Crippen molar-refractivity contribution in [3.8, 4) is 0 Å². The van der Waals surface area contributed by atoms with E-state index in [9.17, 15) is 22.4 Å². The predicted octanol–water partition coefficient (Wildman–Crippen LogP) is 2.16. The standard InChI is InChI=1S/C21H22FN3O5S/c1-30-21(27)17-4-2-15(3-5-17)14-23-24-20(26)16-10-12-25(13-11-16)31(28,29)19-8-6-18(22)7-9-19/h2-9,14,16H,10-13H2,1H3,(H,24,26)/b23-14-. The van der Waals surface area contributed by atoms with Crippen molar-refractivity contribution in [1.29, 1.82) is 0 Å². The summed E-state index contributed by atoms with van der Waals surface area (Å²) in [6.07, 6.45) is 2.16. The van der Waals surface area contributed by atoms with E-state index in [1.165, 1.54) is 29.8 Å². The maximum Gasteiger partial charge on any atom is 0.337 e. The van der Waals surface area contributed by atoms with Gasteiger partial charge in [0, 0.05) is 19.0 Å². The van der Waals surface area contributed by atoms with Gasteiger partial charge in [-0.3, -0.25) is 4.79 Å². The number of piperidine rings is 1. The zero-order chi connectivity index (χ0) is 22.4. The molecule has 1 N–H and O–H groups in total. The highest BCUT2D eigenvalue weighted by Crippen LogP contribution is 2.24. The van der Waals surface area contributed by atoms with Gasteiger partial charge in [0.15, 0.2) is 0 Å². The minimum atomic E-state index is -3.72. The maximum absolute atomic E-state index is 13.0. The summed E-state index contributed by atoms with van der Waals surface area (Å²) < 4.78 is 44.3. The Morgan fingerprint density at radius 1 is 1.10 bits per heavy atom. The molecule has 1 fully saturated rings. The smallest absolute Gasteiger partial charge is 0.337 e. The van der Waals surface area contributed by atoms with Crippen LogP contribution in [0.15, 0.2) is 58.5 Å². The van der Waals surface area contributed by atoms with Crippen LogP contribution in [0, 0.1) is 11.7 Å². The number of nitrogens with one attached hydrogen (secondary N) is 1. The predicted molar refractivity (Wildman–Crippen MR) is 111 cm³/mol. The molecule has 3 rings (SSSR count). The van der Waals surface area contributed by atoms with Gasteiger partial charge in [-0.15, -0.1) is 0 Å². The van der Waals surface area contributed by atoms with Crippen LogP contribution >= 0.6 is 0 Å². The number of nitrogens with zero attached hydrogens (tertiary/aromatic N) is 2. The number of hydrazone groups is 1. The van der Waals surface area contributed by atoms with Crippen molar-refractivity contribution >= 4 is 28.1 Å². The van der Waals surface area contributed by atoms with Crippen LogP contribution in [0.1, 0.15) is 28.8 Å². The summed E-state index contributed by atoms with van der Waals surface area (Å²) in [5, 5.41) is 3.93. The van der Waals surface area contributed by atoms with Crippen LogP contribution in [-0.4, -0.2) is 51.0 Å². The largest absolute Gasteiger partial charge is 0.465 e. The zero-order valence-corrected chi connectivity index (χ0v) is 17.6. The minimum Gasteiger partial charge on any atom is -0.465 e. The van der Waals surface area contributed by atoms with Crippen molar-refractivity contribution in [1.82, 2.24) is 9.73 Å². The molecule has 0 spiro atoms. The normalized spacial score (nSPS) is 15.7. The van der Waals surface area contributed by atoms with Crippen LogP contribution < -0.4 is 5.43 Å². The molecule has 0 atom stereocenters. The van der Waals surface area contributed by atoms with Crippen LogP contribution in [0.5, 0.6) is 0 Å². The second kappa shape index (κ2) is 9.80. The topological polar surface area (TPSA) is 105 Å². The fraction of sp³-hybridized carbons (Fsp3) is 0.286. The summed E-state index contributed by atoms with van der Waals surface area (Å²) >= 11 is 0. The summed E-state index contributed by atoms with van der Waals surface area (Å²) in [4.78, 5) is 23.8. The van der Waals surface area contributed by atoms with E-state index in [-0.39, 0.29) is 29.8 Å². The van der Waals surface area contributed by atoms with Gasteiger partial charge < -0.3 is 4.74 Å². The van der Waals surface area contributed by atoms with Gasteiger partial charge >= 0.3 is 5.97 Å². The first-order valence-electron chi connectivity index (χ1n) is 9.58. The Morgan fingerprint density at radius 3 is 2.29 bits per heavy atom. The van der Waals surface area contributed by atoms with E-state index in [1.807, 2.05) is 0 Å². The van der Waals surface area contributed by atoms with E-state index >= 15 is 0 Å². The van der Waals surface area contributed by atoms with E-state index in [4.69, 9.17) is 0 Å². The number of ether oxygens (including phenoxy) is 1. The average Bonchev–Trinajstić information content (AvgIpc) is 2.79. The molecular formula is C21H22FN3O5S. The number of rotatable bonds is 6. The molecule has 2 aromatic rings. The van der Waals surface area contributed by atoms with E-state index < -0.39 is 21.8 Å². The average molecular weight is 447 g/mol. The van der Waals surface area contributed by atoms with Crippen molar-refractivity contribution in [2.45, 2.75) is 17.7 Å². The van der Waals surface area contributed by atoms with Gasteiger partial charge in [-0.05, 0) is 54.8 Å². The number of carbonyl (C=O) groups is 2. The van der Waals surface area contributed by atoms with Crippen LogP contribution in [0.25, 0.3) is 0 Å². The van der Waals surface area contributed by atoms with Gasteiger partial charge in [0.2, 0.25) is 15.9 Å². The van der Waals surface area contributed by atoms with Crippen LogP contribution in [-0.2, 0) is 19.6 Å². The van der Waals surface area contributed by atoms with Crippen molar-refractivity contribution in [3.05, 3.63) is 65.5 Å². The molecule has 1 heterocycles. The third kappa shape index (κ3) is 5.53. The Hall–Kier alpha value is -3.11. The van der Waals surface area contributed by atoms with Gasteiger partial charge in [0.1, 0.15) is 5.82 Å². The minimum absolute atomic E-state index is 0.0274. The second-order valence-corrected chi connectivity index (χ2v) is 8.92. The zero-order valence-electron chi connectivity index (χ0n) is 16.8. The lowest BCUT2D eigenvalue weighted by atomic mass is 9.98. The first-order chi connectivity index (χ1) is 14.8. The number of halogens is 1. The second-order valence-electron chi connectivity index (χ2n) is 6.98. The Balaban J connectivity index is 1.51. The third-order valence-electron chi connectivity index (χ3n) is 5.00. The molecule has 0 unspecified atom stereocenters. The number of esters is 1. The molecule has 0 aromatic heterocycles. The Morgan fingerprint density at radius 2 is 1.71 bits per heavy atom. The quantitative estimate of drug-likeness (QED) is 0.415. The highest BCUT2D eigenvalue weighted by Gasteiger charge is 2.32. The Bertz CT molecular complexity index is 1060. The summed E-state index contributed by atoms with van der Waals surface area (Å²) in [7, 11) is -2.42. The molecule has 1 aliphatic heterocycles. The Kier molecular flexibility index (Phi) is 7.13. The van der Waals surface area contributed by atoms with Crippen molar-refractivity contribution in [3.63, 3.8) is 0 Å². The van der Waals surface area contributed by atoms with E-state index in [0.717, 1.165) is 12.1 Å². The number of hydrogen-bond donors (Lipinski definition) is 1. The van der Waals surface area contributed by atoms with Crippen molar-refractivity contribution < 1.29 is 27.1 Å². The van der Waals surface area contributed by atoms with Crippen molar-refractivity contribution in [2.75, 3.05) is 20.2 Å². The van der Waals surface area contributed by atoms with Gasteiger partial charge in [-0.25, -0.2) is 23.0 Å². The van der Waals surface area contributed by atoms with Gasteiger partial charge in [0.25, 0.3) is 0 Å². The molecule has 1 amide bonds. The first-order valence-corrected chi connectivity index (χ1v) is 11.0. The molecule has 0 saturated carbocycles. The van der Waals surface area contributed by atoms with Gasteiger partial charge in [-0.1, -0.05) is 12.1 Å². The number of sulfonamides is 1. The number of carbonyl (C=O) groups excluding carboxylic acids is 2. The summed E-state index contributed by atoms with van der Waals surface area (Å²) in [5.74, 6) is -1.60. The highest BCUT2D eigenvalue weighted by atomic mass is 32.2. The molecule has 164 valence electrons. The monoisotopic (exact) mass is 447 g/mol. The maximum atomic E-state index is 13.0. The first kappa shape index (κ1) is 22.6. The fourth-order valence-corrected chi connectivity index (χ4v) is 4.67. The number of hydrogen-bond acceptors (Lipinski definition) is 6. The molecule has 0 aliphatic carbocycles. The number of benzene rings is 2. The molecule has 2 aromatic carbocycles. The number of methoxy groups -OCH3 is 1. The van der Waals surface area contributed by atoms with Gasteiger partial charge in [0.05, 0.1) is 23.8 Å². The van der Waals surface area contributed by atoms with Gasteiger partial charge in [-0.2, -0.15) is 9.41 Å². The SMILES string of the molecule is COC(=O)c1ccc(/C=N\NC(=O)C2CCN(S(=O)(=O)c3ccc(F)cc3)CC2)cc1. The van der Waals surface area contributed by atoms with Crippen LogP contribution in [0.4, 0.5) is 4.39 Å². The highest BCUT2D eigenvalue weighted by molar-refractivity contribution is 7.89. The number of amides is 1. The molecular weight excluding hydrogens is 425 g/mol. The summed E-state index contributed by atoms with van der Waals surface area (Å²) in [5.41, 5.74) is 3.57. The van der Waals surface area contributed by atoms with Crippen LogP contribution in [0.2, 0.25) is 0 Å². The van der Waals surface area contributed by atoms with E-state index in [2.05, 4.69) is 15.3 Å². The molecule has 31 heavy (non-hydrogen) atoms. The lowest BCUT2D eigenvalue weighted by Gasteiger charge is -2.30. The fourth-order valence-electron chi connectivity index (χ4n) is 3.20. The molecule has 0 radical (unpaired) electrons. The third-order valence-corrected chi connectivity index (χ3v) is 6.91. The lowest BCUT2D eigenvalue weighted by Crippen LogP contribution is -2.42. The lowest BCUT2D eigenvalue weighted by molar-refractivity contribution is -0.126. The molecule has 8 nitrogen and oxygen atoms in total. The molecule has 10 heteroatoms. The van der Waals surface area contributed by atoms with E-state index in [0.29, 0.717) is 24.0 Å². The summed E-state index contributed by atoms with van der Waals surface area (Å²) in [6.45, 7) is 0.382. The van der Waals surface area contributed by atoms with Crippen molar-refractivity contribution in [2.24, 2.45) is 11.0 Å². The van der Waals surface area contributed by atoms with E-state index in [1.54, 1.807) is 24.3 Å². The summed E-state index contributed by atoms with van der Waals surface area (Å²) in [6, 6.07) is 11.2. The molecule has 1 aliphatic rings. The molecule has 1 saturated heterocycles. The molecule has 0 bridgehead atoms. The van der Waals surface area contributed by atoms with Crippen LogP contribution in [0.3, 0.4) is 0 Å². The Labute approximate surface area is 179 Å².